The molecule has 0 radical (unpaired) electrons. The van der Waals surface area contributed by atoms with Crippen molar-refractivity contribution in [3.63, 3.8) is 0 Å². The van der Waals surface area contributed by atoms with Crippen molar-refractivity contribution in [2.24, 2.45) is 5.92 Å². The molecule has 2 amide bonds. The van der Waals surface area contributed by atoms with Crippen LogP contribution >= 0.6 is 11.6 Å². The van der Waals surface area contributed by atoms with Crippen LogP contribution in [0.2, 0.25) is 5.02 Å². The predicted octanol–water partition coefficient (Wildman–Crippen LogP) is 4.52. The van der Waals surface area contributed by atoms with Crippen molar-refractivity contribution in [3.8, 4) is 0 Å². The van der Waals surface area contributed by atoms with Gasteiger partial charge in [-0.15, -0.1) is 0 Å². The van der Waals surface area contributed by atoms with Crippen molar-refractivity contribution >= 4 is 29.7 Å². The molecule has 0 spiro atoms. The Bertz CT molecular complexity index is 742. The summed E-state index contributed by atoms with van der Waals surface area (Å²) in [7, 11) is 0. The molecule has 1 saturated carbocycles. The van der Waals surface area contributed by atoms with Gasteiger partial charge in [-0.3, -0.25) is 4.79 Å². The van der Waals surface area contributed by atoms with Crippen molar-refractivity contribution in [2.45, 2.75) is 51.4 Å². The molecule has 0 saturated heterocycles. The highest BCUT2D eigenvalue weighted by Crippen LogP contribution is 2.28. The Morgan fingerprint density at radius 2 is 1.96 bits per heavy atom. The van der Waals surface area contributed by atoms with E-state index in [9.17, 15) is 14.7 Å². The lowest BCUT2D eigenvalue weighted by atomic mass is 9.96. The van der Waals surface area contributed by atoms with E-state index in [4.69, 9.17) is 11.6 Å². The monoisotopic (exact) mass is 404 g/mol. The van der Waals surface area contributed by atoms with Crippen molar-refractivity contribution in [2.75, 3.05) is 19.6 Å². The molecule has 1 aromatic rings. The van der Waals surface area contributed by atoms with Crippen LogP contribution in [0.25, 0.3) is 6.08 Å². The molecule has 6 heteroatoms. The zero-order chi connectivity index (χ0) is 19.9. The number of nitrogens with zero attached hydrogens (tertiary/aromatic N) is 1. The van der Waals surface area contributed by atoms with Crippen LogP contribution in [0.4, 0.5) is 4.79 Å². The number of rotatable bonds is 6. The van der Waals surface area contributed by atoms with Gasteiger partial charge >= 0.3 is 6.09 Å². The molecule has 28 heavy (non-hydrogen) atoms. The summed E-state index contributed by atoms with van der Waals surface area (Å²) in [4.78, 5) is 24.8. The Hall–Kier alpha value is -2.01. The summed E-state index contributed by atoms with van der Waals surface area (Å²) in [6.45, 7) is 1.72. The molecule has 0 atom stereocenters. The maximum absolute atomic E-state index is 12.0. The summed E-state index contributed by atoms with van der Waals surface area (Å²) in [6, 6.07) is 3.91. The fourth-order valence-electron chi connectivity index (χ4n) is 4.16. The van der Waals surface area contributed by atoms with Crippen molar-refractivity contribution in [1.82, 2.24) is 10.2 Å². The van der Waals surface area contributed by atoms with E-state index in [2.05, 4.69) is 17.5 Å². The number of amides is 2. The fraction of sp³-hybridized carbons (Fsp3) is 0.545. The predicted molar refractivity (Wildman–Crippen MR) is 112 cm³/mol. The SMILES string of the molecule is O=C(NCCC/C=C\c1c(Cl)ccc2c1CCN(C(=O)O)CC2)C1CCCC1. The highest BCUT2D eigenvalue weighted by Gasteiger charge is 2.22. The first-order chi connectivity index (χ1) is 13.6. The molecule has 1 aromatic carbocycles. The average molecular weight is 405 g/mol. The van der Waals surface area contributed by atoms with Gasteiger partial charge < -0.3 is 15.3 Å². The second-order valence-corrected chi connectivity index (χ2v) is 8.09. The first kappa shape index (κ1) is 20.7. The smallest absolute Gasteiger partial charge is 0.407 e. The lowest BCUT2D eigenvalue weighted by Crippen LogP contribution is -2.31. The van der Waals surface area contributed by atoms with Crippen LogP contribution in [-0.2, 0) is 17.6 Å². The normalized spacial score (nSPS) is 17.5. The quantitative estimate of drug-likeness (QED) is 0.685. The van der Waals surface area contributed by atoms with Crippen LogP contribution in [0, 0.1) is 5.92 Å². The maximum Gasteiger partial charge on any atom is 0.407 e. The minimum Gasteiger partial charge on any atom is -0.465 e. The zero-order valence-corrected chi connectivity index (χ0v) is 17.0. The summed E-state index contributed by atoms with van der Waals surface area (Å²) >= 11 is 6.43. The molecule has 5 nitrogen and oxygen atoms in total. The van der Waals surface area contributed by atoms with Gasteiger partial charge in [-0.25, -0.2) is 4.79 Å². The molecule has 1 heterocycles. The van der Waals surface area contributed by atoms with Gasteiger partial charge in [0.05, 0.1) is 0 Å². The van der Waals surface area contributed by atoms with Crippen LogP contribution in [0.15, 0.2) is 18.2 Å². The molecule has 1 aliphatic carbocycles. The van der Waals surface area contributed by atoms with Gasteiger partial charge in [0.2, 0.25) is 5.91 Å². The van der Waals surface area contributed by atoms with Gasteiger partial charge in [-0.1, -0.05) is 42.7 Å². The number of carboxylic acid groups (broad SMARTS) is 1. The first-order valence-corrected chi connectivity index (χ1v) is 10.7. The number of carbonyl (C=O) groups excluding carboxylic acids is 1. The Balaban J connectivity index is 1.52. The lowest BCUT2D eigenvalue weighted by Gasteiger charge is -2.15. The van der Waals surface area contributed by atoms with E-state index >= 15 is 0 Å². The average Bonchev–Trinajstić information content (AvgIpc) is 3.12. The summed E-state index contributed by atoms with van der Waals surface area (Å²) in [5, 5.41) is 13.0. The number of nitrogens with one attached hydrogen (secondary N) is 1. The molecule has 2 aliphatic rings. The molecular formula is C22H29ClN2O3. The Kier molecular flexibility index (Phi) is 7.37. The molecule has 0 unspecified atom stereocenters. The number of hydrogen-bond donors (Lipinski definition) is 2. The second kappa shape index (κ2) is 9.97. The summed E-state index contributed by atoms with van der Waals surface area (Å²) < 4.78 is 0. The third kappa shape index (κ3) is 5.28. The number of halogens is 1. The molecular weight excluding hydrogens is 376 g/mol. The summed E-state index contributed by atoms with van der Waals surface area (Å²) in [5.41, 5.74) is 3.33. The van der Waals surface area contributed by atoms with E-state index < -0.39 is 6.09 Å². The van der Waals surface area contributed by atoms with E-state index in [0.717, 1.165) is 36.8 Å². The van der Waals surface area contributed by atoms with E-state index in [1.54, 1.807) is 0 Å². The molecule has 3 rings (SSSR count). The number of carbonyl (C=O) groups is 2. The van der Waals surface area contributed by atoms with E-state index in [1.807, 2.05) is 12.1 Å². The summed E-state index contributed by atoms with van der Waals surface area (Å²) in [5.74, 6) is 0.431. The first-order valence-electron chi connectivity index (χ1n) is 10.3. The zero-order valence-electron chi connectivity index (χ0n) is 16.3. The van der Waals surface area contributed by atoms with Crippen molar-refractivity contribution < 1.29 is 14.7 Å². The van der Waals surface area contributed by atoms with Gasteiger partial charge in [0.1, 0.15) is 0 Å². The molecule has 0 bridgehead atoms. The minimum atomic E-state index is -0.865. The van der Waals surface area contributed by atoms with Crippen LogP contribution in [0.3, 0.4) is 0 Å². The molecule has 1 aliphatic heterocycles. The number of benzene rings is 1. The van der Waals surface area contributed by atoms with E-state index in [-0.39, 0.29) is 11.8 Å². The lowest BCUT2D eigenvalue weighted by molar-refractivity contribution is -0.124. The van der Waals surface area contributed by atoms with Gasteiger partial charge in [-0.05, 0) is 61.3 Å². The molecule has 1 fully saturated rings. The Morgan fingerprint density at radius 3 is 2.71 bits per heavy atom. The van der Waals surface area contributed by atoms with Gasteiger partial charge in [0, 0.05) is 30.6 Å². The Labute approximate surface area is 171 Å². The van der Waals surface area contributed by atoms with Crippen LogP contribution in [0.5, 0.6) is 0 Å². The third-order valence-corrected chi connectivity index (χ3v) is 6.14. The minimum absolute atomic E-state index is 0.209. The van der Waals surface area contributed by atoms with E-state index in [1.165, 1.54) is 23.3 Å². The summed E-state index contributed by atoms with van der Waals surface area (Å²) in [6.07, 6.45) is 10.9. The van der Waals surface area contributed by atoms with Crippen molar-refractivity contribution in [1.29, 1.82) is 0 Å². The number of allylic oxidation sites excluding steroid dienone is 1. The van der Waals surface area contributed by atoms with Gasteiger partial charge in [-0.2, -0.15) is 0 Å². The molecule has 2 N–H and O–H groups in total. The van der Waals surface area contributed by atoms with E-state index in [0.29, 0.717) is 37.5 Å². The third-order valence-electron chi connectivity index (χ3n) is 5.81. The largest absolute Gasteiger partial charge is 0.465 e. The van der Waals surface area contributed by atoms with Crippen LogP contribution in [0.1, 0.15) is 55.2 Å². The standard InChI is InChI=1S/C22H29ClN2O3/c23-20-10-9-16-11-14-25(22(27)28)15-12-18(16)19(20)8-2-1-5-13-24-21(26)17-6-3-4-7-17/h2,8-10,17H,1,3-7,11-15H2,(H,24,26)(H,27,28)/b8-2-. The number of unbranched alkanes of at least 4 members (excludes halogenated alkanes) is 1. The van der Waals surface area contributed by atoms with Crippen molar-refractivity contribution in [3.05, 3.63) is 39.9 Å². The molecule has 152 valence electrons. The topological polar surface area (TPSA) is 69.6 Å². The van der Waals surface area contributed by atoms with Crippen LogP contribution < -0.4 is 5.32 Å². The highest BCUT2D eigenvalue weighted by molar-refractivity contribution is 6.32. The molecule has 0 aromatic heterocycles. The maximum atomic E-state index is 12.0. The highest BCUT2D eigenvalue weighted by atomic mass is 35.5. The van der Waals surface area contributed by atoms with Crippen LogP contribution in [-0.4, -0.2) is 41.6 Å². The number of hydrogen-bond acceptors (Lipinski definition) is 2. The van der Waals surface area contributed by atoms with Gasteiger partial charge in [0.15, 0.2) is 0 Å². The second-order valence-electron chi connectivity index (χ2n) is 7.69. The number of fused-ring (bicyclic) bond motifs is 1. The Morgan fingerprint density at radius 1 is 1.21 bits per heavy atom. The fourth-order valence-corrected chi connectivity index (χ4v) is 4.40. The van der Waals surface area contributed by atoms with Gasteiger partial charge in [0.25, 0.3) is 0 Å².